The molecule has 0 saturated heterocycles. The molecule has 0 bridgehead atoms. The van der Waals surface area contributed by atoms with Crippen molar-refractivity contribution in [2.45, 2.75) is 19.4 Å². The summed E-state index contributed by atoms with van der Waals surface area (Å²) in [4.78, 5) is 0. The molecule has 1 nitrogen and oxygen atoms in total. The van der Waals surface area contributed by atoms with Gasteiger partial charge in [-0.2, -0.15) is 0 Å². The Kier molecular flexibility index (Phi) is 3.36. The van der Waals surface area contributed by atoms with Crippen LogP contribution in [-0.4, -0.2) is 0 Å². The second-order valence-electron chi connectivity index (χ2n) is 3.43. The molecule has 0 spiro atoms. The van der Waals surface area contributed by atoms with E-state index in [1.165, 1.54) is 0 Å². The molecule has 3 heteroatoms. The van der Waals surface area contributed by atoms with Gasteiger partial charge >= 0.3 is 0 Å². The molecule has 0 unspecified atom stereocenters. The monoisotopic (exact) mass is 197 g/mol. The van der Waals surface area contributed by atoms with E-state index in [1.54, 1.807) is 6.92 Å². The fourth-order valence-electron chi connectivity index (χ4n) is 1.28. The van der Waals surface area contributed by atoms with Gasteiger partial charge in [-0.15, -0.1) is 6.58 Å². The number of benzene rings is 1. The van der Waals surface area contributed by atoms with Crippen molar-refractivity contribution in [3.05, 3.63) is 47.5 Å². The minimum atomic E-state index is -0.525. The van der Waals surface area contributed by atoms with Gasteiger partial charge in [0, 0.05) is 11.6 Å². The first-order chi connectivity index (χ1) is 6.50. The molecule has 1 rings (SSSR count). The zero-order valence-electron chi connectivity index (χ0n) is 8.06. The van der Waals surface area contributed by atoms with E-state index >= 15 is 0 Å². The normalized spacial score (nSPS) is 12.6. The second-order valence-corrected chi connectivity index (χ2v) is 3.43. The van der Waals surface area contributed by atoms with Crippen molar-refractivity contribution in [3.8, 4) is 0 Å². The van der Waals surface area contributed by atoms with Crippen molar-refractivity contribution >= 4 is 0 Å². The van der Waals surface area contributed by atoms with Crippen molar-refractivity contribution in [2.24, 2.45) is 5.73 Å². The highest BCUT2D eigenvalue weighted by molar-refractivity contribution is 5.23. The Bertz CT molecular complexity index is 347. The molecule has 76 valence electrons. The summed E-state index contributed by atoms with van der Waals surface area (Å²) in [5.74, 6) is -0.946. The van der Waals surface area contributed by atoms with Crippen LogP contribution in [0.3, 0.4) is 0 Å². The van der Waals surface area contributed by atoms with Crippen molar-refractivity contribution in [2.75, 3.05) is 0 Å². The Labute approximate surface area is 82.2 Å². The van der Waals surface area contributed by atoms with Crippen LogP contribution in [-0.2, 0) is 0 Å². The van der Waals surface area contributed by atoms with E-state index in [1.807, 2.05) is 0 Å². The van der Waals surface area contributed by atoms with Crippen LogP contribution in [0.2, 0.25) is 0 Å². The van der Waals surface area contributed by atoms with Gasteiger partial charge in [0.05, 0.1) is 0 Å². The Balaban J connectivity index is 2.93. The average Bonchev–Trinajstić information content (AvgIpc) is 2.08. The second kappa shape index (κ2) is 4.33. The average molecular weight is 197 g/mol. The first-order valence-corrected chi connectivity index (χ1v) is 4.35. The van der Waals surface area contributed by atoms with Gasteiger partial charge in [-0.1, -0.05) is 5.57 Å². The number of hydrogen-bond donors (Lipinski definition) is 1. The van der Waals surface area contributed by atoms with Crippen LogP contribution in [0.15, 0.2) is 30.4 Å². The number of halogens is 2. The molecule has 0 heterocycles. The Morgan fingerprint density at radius 3 is 2.71 bits per heavy atom. The fourth-order valence-corrected chi connectivity index (χ4v) is 1.28. The molecule has 14 heavy (non-hydrogen) atoms. The number of rotatable bonds is 3. The molecule has 0 aliphatic carbocycles. The number of hydrogen-bond acceptors (Lipinski definition) is 1. The molecule has 0 radical (unpaired) electrons. The smallest absolute Gasteiger partial charge is 0.128 e. The molecular weight excluding hydrogens is 184 g/mol. The predicted molar refractivity (Wildman–Crippen MR) is 52.7 cm³/mol. The highest BCUT2D eigenvalue weighted by atomic mass is 19.1. The van der Waals surface area contributed by atoms with Gasteiger partial charge in [0.25, 0.3) is 0 Å². The highest BCUT2D eigenvalue weighted by Gasteiger charge is 2.12. The summed E-state index contributed by atoms with van der Waals surface area (Å²) in [6.07, 6.45) is 0.459. The minimum absolute atomic E-state index is 0.202. The highest BCUT2D eigenvalue weighted by Crippen LogP contribution is 2.21. The van der Waals surface area contributed by atoms with Crippen LogP contribution in [0.25, 0.3) is 0 Å². The van der Waals surface area contributed by atoms with Crippen molar-refractivity contribution in [1.29, 1.82) is 0 Å². The third kappa shape index (κ3) is 2.64. The molecule has 0 aromatic heterocycles. The summed E-state index contributed by atoms with van der Waals surface area (Å²) in [5.41, 5.74) is 6.75. The topological polar surface area (TPSA) is 26.0 Å². The SMILES string of the molecule is C=C(C)C[C@@H](N)c1cc(F)ccc1F. The summed E-state index contributed by atoms with van der Waals surface area (Å²) in [5, 5.41) is 0. The van der Waals surface area contributed by atoms with E-state index in [4.69, 9.17) is 5.73 Å². The summed E-state index contributed by atoms with van der Waals surface area (Å²) >= 11 is 0. The van der Waals surface area contributed by atoms with Gasteiger partial charge in [0.15, 0.2) is 0 Å². The Hall–Kier alpha value is -1.22. The lowest BCUT2D eigenvalue weighted by Crippen LogP contribution is -2.12. The van der Waals surface area contributed by atoms with Crippen molar-refractivity contribution < 1.29 is 8.78 Å². The molecule has 0 amide bonds. The number of nitrogens with two attached hydrogens (primary N) is 1. The molecule has 1 aromatic rings. The Morgan fingerprint density at radius 2 is 2.14 bits per heavy atom. The maximum absolute atomic E-state index is 13.2. The summed E-state index contributed by atoms with van der Waals surface area (Å²) < 4.78 is 26.0. The quantitative estimate of drug-likeness (QED) is 0.741. The lowest BCUT2D eigenvalue weighted by Gasteiger charge is -2.12. The third-order valence-corrected chi connectivity index (χ3v) is 1.93. The van der Waals surface area contributed by atoms with Gasteiger partial charge in [-0.25, -0.2) is 8.78 Å². The van der Waals surface area contributed by atoms with E-state index in [0.29, 0.717) is 6.42 Å². The van der Waals surface area contributed by atoms with Gasteiger partial charge in [0.2, 0.25) is 0 Å². The third-order valence-electron chi connectivity index (χ3n) is 1.93. The van der Waals surface area contributed by atoms with E-state index in [0.717, 1.165) is 23.8 Å². The first-order valence-electron chi connectivity index (χ1n) is 4.35. The maximum Gasteiger partial charge on any atom is 0.128 e. The molecule has 0 fully saturated rings. The molecule has 0 saturated carbocycles. The van der Waals surface area contributed by atoms with Crippen LogP contribution in [0.1, 0.15) is 24.9 Å². The first kappa shape index (κ1) is 10.9. The zero-order chi connectivity index (χ0) is 10.7. The molecule has 0 aliphatic rings. The van der Waals surface area contributed by atoms with E-state index in [-0.39, 0.29) is 5.56 Å². The van der Waals surface area contributed by atoms with Crippen LogP contribution in [0.4, 0.5) is 8.78 Å². The zero-order valence-corrected chi connectivity index (χ0v) is 8.06. The Morgan fingerprint density at radius 1 is 1.50 bits per heavy atom. The molecular formula is C11H13F2N. The molecule has 1 atom stereocenters. The van der Waals surface area contributed by atoms with Gasteiger partial charge in [-0.3, -0.25) is 0 Å². The van der Waals surface area contributed by atoms with Crippen LogP contribution < -0.4 is 5.73 Å². The van der Waals surface area contributed by atoms with Gasteiger partial charge in [-0.05, 0) is 31.5 Å². The fraction of sp³-hybridized carbons (Fsp3) is 0.273. The van der Waals surface area contributed by atoms with E-state index in [9.17, 15) is 8.78 Å². The van der Waals surface area contributed by atoms with Gasteiger partial charge in [0.1, 0.15) is 11.6 Å². The van der Waals surface area contributed by atoms with Crippen molar-refractivity contribution in [1.82, 2.24) is 0 Å². The molecule has 0 aliphatic heterocycles. The van der Waals surface area contributed by atoms with Crippen LogP contribution in [0, 0.1) is 11.6 Å². The van der Waals surface area contributed by atoms with Gasteiger partial charge < -0.3 is 5.73 Å². The lowest BCUT2D eigenvalue weighted by molar-refractivity contribution is 0.560. The standard InChI is InChI=1S/C11H13F2N/c1-7(2)5-11(14)9-6-8(12)3-4-10(9)13/h3-4,6,11H,1,5,14H2,2H3/t11-/m1/s1. The molecule has 2 N–H and O–H groups in total. The minimum Gasteiger partial charge on any atom is -0.324 e. The van der Waals surface area contributed by atoms with Crippen LogP contribution in [0.5, 0.6) is 0 Å². The maximum atomic E-state index is 13.2. The van der Waals surface area contributed by atoms with E-state index < -0.39 is 17.7 Å². The molecule has 1 aromatic carbocycles. The van der Waals surface area contributed by atoms with Crippen LogP contribution >= 0.6 is 0 Å². The summed E-state index contributed by atoms with van der Waals surface area (Å²) in [6.45, 7) is 5.48. The van der Waals surface area contributed by atoms with E-state index in [2.05, 4.69) is 6.58 Å². The predicted octanol–water partition coefficient (Wildman–Crippen LogP) is 2.93. The lowest BCUT2D eigenvalue weighted by atomic mass is 10.0. The van der Waals surface area contributed by atoms with Crippen molar-refractivity contribution in [3.63, 3.8) is 0 Å². The largest absolute Gasteiger partial charge is 0.324 e. The summed E-state index contributed by atoms with van der Waals surface area (Å²) in [6, 6.07) is 2.77. The summed E-state index contributed by atoms with van der Waals surface area (Å²) in [7, 11) is 0.